The van der Waals surface area contributed by atoms with Crippen molar-refractivity contribution in [2.24, 2.45) is 0 Å². The molecule has 1 heterocycles. The molecule has 0 aliphatic carbocycles. The van der Waals surface area contributed by atoms with Crippen molar-refractivity contribution in [2.45, 2.75) is 13.0 Å². The second-order valence-electron chi connectivity index (χ2n) is 3.74. The molecule has 2 nitrogen and oxygen atoms in total. The van der Waals surface area contributed by atoms with Gasteiger partial charge in [0, 0.05) is 11.2 Å². The summed E-state index contributed by atoms with van der Waals surface area (Å²) < 4.78 is 0. The maximum atomic E-state index is 6.14. The summed E-state index contributed by atoms with van der Waals surface area (Å²) in [5.74, 6) is 0. The van der Waals surface area contributed by atoms with Crippen molar-refractivity contribution in [2.75, 3.05) is 5.32 Å². The Morgan fingerprint density at radius 2 is 1.88 bits per heavy atom. The third-order valence-corrected chi connectivity index (χ3v) is 3.19. The van der Waals surface area contributed by atoms with Crippen molar-refractivity contribution in [3.05, 3.63) is 58.3 Å². The van der Waals surface area contributed by atoms with E-state index < -0.39 is 0 Å². The molecule has 1 aromatic carbocycles. The molecule has 88 valence electrons. The standard InChI is InChI=1S/C13H12Cl2N2/c1-9(10-4-2-3-5-11(10)14)17-13-8-16-7-6-12(13)15/h2-9,17H,1H3. The number of pyridine rings is 1. The Labute approximate surface area is 111 Å². The molecule has 1 unspecified atom stereocenters. The van der Waals surface area contributed by atoms with Crippen LogP contribution < -0.4 is 5.32 Å². The van der Waals surface area contributed by atoms with Crippen molar-refractivity contribution >= 4 is 28.9 Å². The van der Waals surface area contributed by atoms with Gasteiger partial charge in [-0.15, -0.1) is 0 Å². The fraction of sp³-hybridized carbons (Fsp3) is 0.154. The zero-order chi connectivity index (χ0) is 12.3. The van der Waals surface area contributed by atoms with Crippen LogP contribution in [0.25, 0.3) is 0 Å². The third kappa shape index (κ3) is 2.90. The predicted molar refractivity (Wildman–Crippen MR) is 72.7 cm³/mol. The summed E-state index contributed by atoms with van der Waals surface area (Å²) in [6.07, 6.45) is 3.36. The van der Waals surface area contributed by atoms with Crippen molar-refractivity contribution in [1.82, 2.24) is 4.98 Å². The molecular weight excluding hydrogens is 255 g/mol. The summed E-state index contributed by atoms with van der Waals surface area (Å²) in [5.41, 5.74) is 1.84. The minimum atomic E-state index is 0.0744. The average molecular weight is 267 g/mol. The maximum absolute atomic E-state index is 6.14. The number of rotatable bonds is 3. The number of nitrogens with one attached hydrogen (secondary N) is 1. The highest BCUT2D eigenvalue weighted by atomic mass is 35.5. The topological polar surface area (TPSA) is 24.9 Å². The van der Waals surface area contributed by atoms with Crippen molar-refractivity contribution in [1.29, 1.82) is 0 Å². The zero-order valence-corrected chi connectivity index (χ0v) is 10.8. The van der Waals surface area contributed by atoms with Crippen molar-refractivity contribution < 1.29 is 0 Å². The van der Waals surface area contributed by atoms with E-state index in [1.807, 2.05) is 31.2 Å². The molecule has 1 atom stereocenters. The quantitative estimate of drug-likeness (QED) is 0.881. The molecule has 17 heavy (non-hydrogen) atoms. The number of hydrogen-bond acceptors (Lipinski definition) is 2. The van der Waals surface area contributed by atoms with E-state index in [1.54, 1.807) is 18.5 Å². The van der Waals surface area contributed by atoms with Crippen LogP contribution in [0.4, 0.5) is 5.69 Å². The molecule has 0 radical (unpaired) electrons. The average Bonchev–Trinajstić information content (AvgIpc) is 2.32. The minimum absolute atomic E-state index is 0.0744. The Balaban J connectivity index is 2.20. The molecule has 2 rings (SSSR count). The first-order valence-corrected chi connectivity index (χ1v) is 6.04. The second-order valence-corrected chi connectivity index (χ2v) is 4.56. The second kappa shape index (κ2) is 5.39. The Bertz CT molecular complexity index is 514. The molecular formula is C13H12Cl2N2. The molecule has 0 amide bonds. The molecule has 1 aromatic heterocycles. The van der Waals surface area contributed by atoms with Crippen LogP contribution in [0.2, 0.25) is 10.0 Å². The van der Waals surface area contributed by atoms with Crippen LogP contribution in [0, 0.1) is 0 Å². The summed E-state index contributed by atoms with van der Waals surface area (Å²) in [6, 6.07) is 9.57. The molecule has 2 aromatic rings. The van der Waals surface area contributed by atoms with E-state index in [9.17, 15) is 0 Å². The Kier molecular flexibility index (Phi) is 3.87. The van der Waals surface area contributed by atoms with E-state index in [0.717, 1.165) is 16.3 Å². The SMILES string of the molecule is CC(Nc1cnccc1Cl)c1ccccc1Cl. The number of anilines is 1. The van der Waals surface area contributed by atoms with Gasteiger partial charge in [-0.05, 0) is 24.6 Å². The highest BCUT2D eigenvalue weighted by Gasteiger charge is 2.10. The fourth-order valence-corrected chi connectivity index (χ4v) is 2.08. The van der Waals surface area contributed by atoms with Gasteiger partial charge in [0.05, 0.1) is 22.9 Å². The fourth-order valence-electron chi connectivity index (χ4n) is 1.62. The molecule has 0 bridgehead atoms. The van der Waals surface area contributed by atoms with Gasteiger partial charge in [0.1, 0.15) is 0 Å². The highest BCUT2D eigenvalue weighted by molar-refractivity contribution is 6.33. The molecule has 0 aliphatic heterocycles. The third-order valence-electron chi connectivity index (χ3n) is 2.51. The van der Waals surface area contributed by atoms with Gasteiger partial charge < -0.3 is 5.32 Å². The summed E-state index contributed by atoms with van der Waals surface area (Å²) in [5, 5.41) is 4.68. The van der Waals surface area contributed by atoms with Crippen molar-refractivity contribution in [3.8, 4) is 0 Å². The van der Waals surface area contributed by atoms with Gasteiger partial charge in [-0.2, -0.15) is 0 Å². The number of hydrogen-bond donors (Lipinski definition) is 1. The molecule has 0 saturated heterocycles. The van der Waals surface area contributed by atoms with Crippen LogP contribution in [0.15, 0.2) is 42.7 Å². The number of aromatic nitrogens is 1. The molecule has 0 aliphatic rings. The van der Waals surface area contributed by atoms with E-state index >= 15 is 0 Å². The molecule has 0 fully saturated rings. The van der Waals surface area contributed by atoms with Gasteiger partial charge in [-0.25, -0.2) is 0 Å². The normalized spacial score (nSPS) is 12.2. The lowest BCUT2D eigenvalue weighted by atomic mass is 10.1. The number of halogens is 2. The molecule has 4 heteroatoms. The van der Waals surface area contributed by atoms with Crippen LogP contribution in [0.5, 0.6) is 0 Å². The summed E-state index contributed by atoms with van der Waals surface area (Å²) in [7, 11) is 0. The van der Waals surface area contributed by atoms with E-state index in [2.05, 4.69) is 10.3 Å². The first-order valence-electron chi connectivity index (χ1n) is 5.29. The van der Waals surface area contributed by atoms with E-state index in [4.69, 9.17) is 23.2 Å². The maximum Gasteiger partial charge on any atom is 0.0720 e. The Morgan fingerprint density at radius 1 is 1.12 bits per heavy atom. The molecule has 0 saturated carbocycles. The van der Waals surface area contributed by atoms with Gasteiger partial charge >= 0.3 is 0 Å². The lowest BCUT2D eigenvalue weighted by Gasteiger charge is -2.17. The van der Waals surface area contributed by atoms with Gasteiger partial charge in [0.2, 0.25) is 0 Å². The van der Waals surface area contributed by atoms with Gasteiger partial charge in [0.15, 0.2) is 0 Å². The lowest BCUT2D eigenvalue weighted by molar-refractivity contribution is 0.883. The van der Waals surface area contributed by atoms with Gasteiger partial charge in [-0.1, -0.05) is 41.4 Å². The van der Waals surface area contributed by atoms with Crippen LogP contribution in [-0.4, -0.2) is 4.98 Å². The van der Waals surface area contributed by atoms with Crippen LogP contribution in [-0.2, 0) is 0 Å². The highest BCUT2D eigenvalue weighted by Crippen LogP contribution is 2.28. The van der Waals surface area contributed by atoms with E-state index in [-0.39, 0.29) is 6.04 Å². The van der Waals surface area contributed by atoms with Crippen LogP contribution >= 0.6 is 23.2 Å². The van der Waals surface area contributed by atoms with Crippen LogP contribution in [0.3, 0.4) is 0 Å². The predicted octanol–water partition coefficient (Wildman–Crippen LogP) is 4.56. The number of nitrogens with zero attached hydrogens (tertiary/aromatic N) is 1. The summed E-state index contributed by atoms with van der Waals surface area (Å²) in [4.78, 5) is 4.03. The first-order chi connectivity index (χ1) is 8.18. The number of benzene rings is 1. The Hall–Kier alpha value is -1.25. The molecule has 1 N–H and O–H groups in total. The smallest absolute Gasteiger partial charge is 0.0720 e. The van der Waals surface area contributed by atoms with E-state index in [0.29, 0.717) is 5.02 Å². The zero-order valence-electron chi connectivity index (χ0n) is 9.32. The molecule has 0 spiro atoms. The largest absolute Gasteiger partial charge is 0.376 e. The summed E-state index contributed by atoms with van der Waals surface area (Å²) >= 11 is 12.2. The monoisotopic (exact) mass is 266 g/mol. The summed E-state index contributed by atoms with van der Waals surface area (Å²) in [6.45, 7) is 2.03. The Morgan fingerprint density at radius 3 is 2.59 bits per heavy atom. The first kappa shape index (κ1) is 12.2. The van der Waals surface area contributed by atoms with Crippen LogP contribution in [0.1, 0.15) is 18.5 Å². The minimum Gasteiger partial charge on any atom is -0.376 e. The van der Waals surface area contributed by atoms with Gasteiger partial charge in [-0.3, -0.25) is 4.98 Å². The van der Waals surface area contributed by atoms with Gasteiger partial charge in [0.25, 0.3) is 0 Å². The van der Waals surface area contributed by atoms with E-state index in [1.165, 1.54) is 0 Å². The van der Waals surface area contributed by atoms with Crippen molar-refractivity contribution in [3.63, 3.8) is 0 Å². The lowest BCUT2D eigenvalue weighted by Crippen LogP contribution is -2.07.